The lowest BCUT2D eigenvalue weighted by atomic mass is 9.93. The van der Waals surface area contributed by atoms with Gasteiger partial charge in [0, 0.05) is 6.42 Å². The van der Waals surface area contributed by atoms with E-state index in [1.165, 1.54) is 19.3 Å². The van der Waals surface area contributed by atoms with Gasteiger partial charge in [-0.2, -0.15) is 0 Å². The number of hydrogen-bond acceptors (Lipinski definition) is 2. The molecule has 0 saturated carbocycles. The van der Waals surface area contributed by atoms with Crippen molar-refractivity contribution < 1.29 is 9.90 Å². The molecule has 0 aliphatic carbocycles. The number of carbonyl (C=O) groups is 1. The Labute approximate surface area is 106 Å². The maximum Gasteiger partial charge on any atom is 0.220 e. The number of carbonyl (C=O) groups excluding carboxylic acids is 1. The summed E-state index contributed by atoms with van der Waals surface area (Å²) in [5.74, 6) is 0.0826. The first-order valence-electron chi connectivity index (χ1n) is 7.06. The molecule has 0 aromatic rings. The van der Waals surface area contributed by atoms with Crippen LogP contribution in [0.3, 0.4) is 0 Å². The lowest BCUT2D eigenvalue weighted by molar-refractivity contribution is -0.123. The maximum absolute atomic E-state index is 11.7. The van der Waals surface area contributed by atoms with E-state index >= 15 is 0 Å². The molecular weight excluding hydrogens is 214 g/mol. The molecule has 0 aromatic carbocycles. The summed E-state index contributed by atoms with van der Waals surface area (Å²) in [6.45, 7) is 6.22. The second-order valence-electron chi connectivity index (χ2n) is 4.86. The third-order valence-corrected chi connectivity index (χ3v) is 3.57. The van der Waals surface area contributed by atoms with E-state index in [2.05, 4.69) is 12.2 Å². The monoisotopic (exact) mass is 243 g/mol. The summed E-state index contributed by atoms with van der Waals surface area (Å²) in [7, 11) is 0. The first-order valence-corrected chi connectivity index (χ1v) is 7.06. The van der Waals surface area contributed by atoms with Crippen LogP contribution in [0.1, 0.15) is 72.1 Å². The number of nitrogens with one attached hydrogen (secondary N) is 1. The van der Waals surface area contributed by atoms with Gasteiger partial charge in [-0.3, -0.25) is 4.79 Å². The Morgan fingerprint density at radius 2 is 1.65 bits per heavy atom. The number of aliphatic hydroxyl groups excluding tert-OH is 1. The minimum Gasteiger partial charge on any atom is -0.394 e. The summed E-state index contributed by atoms with van der Waals surface area (Å²) in [5, 5.41) is 12.3. The molecule has 0 heterocycles. The number of unbranched alkanes of at least 4 members (excludes halogenated alkanes) is 4. The van der Waals surface area contributed by atoms with Crippen molar-refractivity contribution in [3.63, 3.8) is 0 Å². The van der Waals surface area contributed by atoms with Gasteiger partial charge in [-0.1, -0.05) is 46.5 Å². The SMILES string of the molecule is CCCCCCCC(=O)NC(CC)(CC)CO. The molecule has 0 radical (unpaired) electrons. The molecule has 0 saturated heterocycles. The largest absolute Gasteiger partial charge is 0.394 e. The molecule has 0 unspecified atom stereocenters. The van der Waals surface area contributed by atoms with Gasteiger partial charge in [0.2, 0.25) is 5.91 Å². The highest BCUT2D eigenvalue weighted by molar-refractivity contribution is 5.76. The highest BCUT2D eigenvalue weighted by atomic mass is 16.3. The lowest BCUT2D eigenvalue weighted by Crippen LogP contribution is -2.50. The molecule has 0 atom stereocenters. The van der Waals surface area contributed by atoms with Crippen LogP contribution in [0.5, 0.6) is 0 Å². The highest BCUT2D eigenvalue weighted by Crippen LogP contribution is 2.15. The first-order chi connectivity index (χ1) is 8.14. The van der Waals surface area contributed by atoms with Gasteiger partial charge in [-0.25, -0.2) is 0 Å². The zero-order chi connectivity index (χ0) is 13.1. The van der Waals surface area contributed by atoms with E-state index in [-0.39, 0.29) is 12.5 Å². The van der Waals surface area contributed by atoms with Gasteiger partial charge < -0.3 is 10.4 Å². The first kappa shape index (κ1) is 16.4. The zero-order valence-corrected chi connectivity index (χ0v) is 11.7. The molecule has 0 rings (SSSR count). The Bertz CT molecular complexity index is 192. The van der Waals surface area contributed by atoms with Crippen LogP contribution in [-0.2, 0) is 4.79 Å². The van der Waals surface area contributed by atoms with Gasteiger partial charge in [-0.05, 0) is 19.3 Å². The van der Waals surface area contributed by atoms with Gasteiger partial charge in [0.15, 0.2) is 0 Å². The van der Waals surface area contributed by atoms with E-state index in [0.717, 1.165) is 25.7 Å². The molecule has 0 aromatic heterocycles. The van der Waals surface area contributed by atoms with E-state index in [0.29, 0.717) is 6.42 Å². The Morgan fingerprint density at radius 3 is 2.12 bits per heavy atom. The van der Waals surface area contributed by atoms with Crippen molar-refractivity contribution in [2.45, 2.75) is 77.7 Å². The molecular formula is C14H29NO2. The zero-order valence-electron chi connectivity index (χ0n) is 11.7. The van der Waals surface area contributed by atoms with Crippen molar-refractivity contribution >= 4 is 5.91 Å². The number of amides is 1. The minimum absolute atomic E-state index is 0.0293. The molecule has 102 valence electrons. The minimum atomic E-state index is -0.402. The summed E-state index contributed by atoms with van der Waals surface area (Å²) < 4.78 is 0. The predicted octanol–water partition coefficient (Wildman–Crippen LogP) is 3.01. The second-order valence-corrected chi connectivity index (χ2v) is 4.86. The van der Waals surface area contributed by atoms with Crippen LogP contribution in [0.15, 0.2) is 0 Å². The molecule has 1 amide bonds. The smallest absolute Gasteiger partial charge is 0.220 e. The van der Waals surface area contributed by atoms with E-state index in [1.54, 1.807) is 0 Å². The maximum atomic E-state index is 11.7. The standard InChI is InChI=1S/C14H29NO2/c1-4-7-8-9-10-11-13(17)15-14(5-2,6-3)12-16/h16H,4-12H2,1-3H3,(H,15,17). The fourth-order valence-electron chi connectivity index (χ4n) is 1.94. The second kappa shape index (κ2) is 9.46. The third-order valence-electron chi connectivity index (χ3n) is 3.57. The Kier molecular flexibility index (Phi) is 9.14. The van der Waals surface area contributed by atoms with Crippen LogP contribution in [0.25, 0.3) is 0 Å². The molecule has 2 N–H and O–H groups in total. The Balaban J connectivity index is 3.83. The number of hydrogen-bond donors (Lipinski definition) is 2. The predicted molar refractivity (Wildman–Crippen MR) is 71.9 cm³/mol. The fraction of sp³-hybridized carbons (Fsp3) is 0.929. The van der Waals surface area contributed by atoms with Gasteiger partial charge in [0.1, 0.15) is 0 Å². The average Bonchev–Trinajstić information content (AvgIpc) is 2.36. The van der Waals surface area contributed by atoms with Crippen LogP contribution < -0.4 is 5.32 Å². The molecule has 3 heteroatoms. The molecule has 17 heavy (non-hydrogen) atoms. The van der Waals surface area contributed by atoms with Crippen molar-refractivity contribution in [3.05, 3.63) is 0 Å². The van der Waals surface area contributed by atoms with E-state index < -0.39 is 5.54 Å². The summed E-state index contributed by atoms with van der Waals surface area (Å²) >= 11 is 0. The Morgan fingerprint density at radius 1 is 1.06 bits per heavy atom. The van der Waals surface area contributed by atoms with E-state index in [1.807, 2.05) is 13.8 Å². The summed E-state index contributed by atoms with van der Waals surface area (Å²) in [4.78, 5) is 11.7. The molecule has 0 spiro atoms. The van der Waals surface area contributed by atoms with E-state index in [4.69, 9.17) is 0 Å². The summed E-state index contributed by atoms with van der Waals surface area (Å²) in [5.41, 5.74) is -0.402. The summed E-state index contributed by atoms with van der Waals surface area (Å²) in [6, 6.07) is 0. The number of rotatable bonds is 10. The molecule has 0 aliphatic rings. The fourth-order valence-corrected chi connectivity index (χ4v) is 1.94. The van der Waals surface area contributed by atoms with Crippen LogP contribution in [0, 0.1) is 0 Å². The van der Waals surface area contributed by atoms with Crippen molar-refractivity contribution in [1.82, 2.24) is 5.32 Å². The molecule has 0 bridgehead atoms. The van der Waals surface area contributed by atoms with Crippen LogP contribution in [0.2, 0.25) is 0 Å². The van der Waals surface area contributed by atoms with Crippen LogP contribution in [0.4, 0.5) is 0 Å². The third kappa shape index (κ3) is 6.67. The highest BCUT2D eigenvalue weighted by Gasteiger charge is 2.26. The van der Waals surface area contributed by atoms with Gasteiger partial charge in [-0.15, -0.1) is 0 Å². The van der Waals surface area contributed by atoms with Gasteiger partial charge in [0.25, 0.3) is 0 Å². The van der Waals surface area contributed by atoms with Crippen molar-refractivity contribution in [2.75, 3.05) is 6.61 Å². The molecule has 0 aliphatic heterocycles. The van der Waals surface area contributed by atoms with Crippen molar-refractivity contribution in [1.29, 1.82) is 0 Å². The molecule has 3 nitrogen and oxygen atoms in total. The molecule has 0 fully saturated rings. The number of aliphatic hydroxyl groups is 1. The lowest BCUT2D eigenvalue weighted by Gasteiger charge is -2.30. The van der Waals surface area contributed by atoms with Crippen molar-refractivity contribution in [3.8, 4) is 0 Å². The topological polar surface area (TPSA) is 49.3 Å². The Hall–Kier alpha value is -0.570. The van der Waals surface area contributed by atoms with Crippen molar-refractivity contribution in [2.24, 2.45) is 0 Å². The summed E-state index contributed by atoms with van der Waals surface area (Å²) in [6.07, 6.45) is 7.94. The average molecular weight is 243 g/mol. The van der Waals surface area contributed by atoms with Crippen LogP contribution in [-0.4, -0.2) is 23.2 Å². The van der Waals surface area contributed by atoms with Crippen LogP contribution >= 0.6 is 0 Å². The van der Waals surface area contributed by atoms with Gasteiger partial charge >= 0.3 is 0 Å². The van der Waals surface area contributed by atoms with E-state index in [9.17, 15) is 9.90 Å². The van der Waals surface area contributed by atoms with Gasteiger partial charge in [0.05, 0.1) is 12.1 Å². The normalized spacial score (nSPS) is 11.5. The quantitative estimate of drug-likeness (QED) is 0.579.